The van der Waals surface area contributed by atoms with Crippen LogP contribution in [0.1, 0.15) is 57.6 Å². The zero-order valence-corrected chi connectivity index (χ0v) is 18.7. The molecule has 3 rings (SSSR count). The summed E-state index contributed by atoms with van der Waals surface area (Å²) in [6, 6.07) is 4.60. The number of hydrogen-bond acceptors (Lipinski definition) is 2. The molecule has 2 aromatic rings. The van der Waals surface area contributed by atoms with E-state index in [0.717, 1.165) is 37.0 Å². The highest BCUT2D eigenvalue weighted by Gasteiger charge is 2.28. The standard InChI is InChI=1S/C20H28BrN2O2P/c1-5-14-15-10-13(11-16(26)17(15)22-18(14)21)12-6-8-23(9-7-12)19(24)25-20(2,3)4/h10-12,22H,5-9,26H2,1-4H3. The van der Waals surface area contributed by atoms with Crippen molar-refractivity contribution in [1.29, 1.82) is 0 Å². The van der Waals surface area contributed by atoms with Gasteiger partial charge in [0, 0.05) is 18.5 Å². The number of nitrogens with one attached hydrogen (secondary N) is 1. The first-order chi connectivity index (χ1) is 12.2. The molecule has 26 heavy (non-hydrogen) atoms. The van der Waals surface area contributed by atoms with E-state index in [1.807, 2.05) is 25.7 Å². The van der Waals surface area contributed by atoms with Crippen LogP contribution in [0, 0.1) is 0 Å². The Bertz CT molecular complexity index is 817. The number of ether oxygens (including phenoxy) is 1. The molecule has 0 radical (unpaired) electrons. The van der Waals surface area contributed by atoms with Crippen LogP contribution in [0.3, 0.4) is 0 Å². The molecule has 1 amide bonds. The molecular weight excluding hydrogens is 411 g/mol. The van der Waals surface area contributed by atoms with E-state index in [-0.39, 0.29) is 6.09 Å². The van der Waals surface area contributed by atoms with Gasteiger partial charge in [-0.3, -0.25) is 0 Å². The summed E-state index contributed by atoms with van der Waals surface area (Å²) in [5.74, 6) is 0.482. The molecule has 142 valence electrons. The van der Waals surface area contributed by atoms with Crippen LogP contribution < -0.4 is 5.30 Å². The highest BCUT2D eigenvalue weighted by atomic mass is 79.9. The number of hydrogen-bond donors (Lipinski definition) is 1. The first kappa shape index (κ1) is 19.7. The number of H-pyrrole nitrogens is 1. The highest BCUT2D eigenvalue weighted by molar-refractivity contribution is 9.10. The fourth-order valence-corrected chi connectivity index (χ4v) is 4.78. The summed E-state index contributed by atoms with van der Waals surface area (Å²) in [6.07, 6.45) is 2.75. The Balaban J connectivity index is 1.76. The van der Waals surface area contributed by atoms with Crippen molar-refractivity contribution in [2.24, 2.45) is 0 Å². The summed E-state index contributed by atoms with van der Waals surface area (Å²) in [6.45, 7) is 9.42. The van der Waals surface area contributed by atoms with Crippen LogP contribution in [-0.4, -0.2) is 34.7 Å². The third-order valence-corrected chi connectivity index (χ3v) is 6.12. The maximum atomic E-state index is 12.3. The van der Waals surface area contributed by atoms with E-state index in [0.29, 0.717) is 5.92 Å². The zero-order valence-electron chi connectivity index (χ0n) is 16.0. The predicted molar refractivity (Wildman–Crippen MR) is 115 cm³/mol. The molecule has 0 spiro atoms. The number of carbonyl (C=O) groups is 1. The Labute approximate surface area is 166 Å². The van der Waals surface area contributed by atoms with Gasteiger partial charge in [-0.1, -0.05) is 6.92 Å². The molecule has 1 unspecified atom stereocenters. The van der Waals surface area contributed by atoms with Crippen molar-refractivity contribution in [3.05, 3.63) is 27.9 Å². The maximum Gasteiger partial charge on any atom is 0.410 e. The van der Waals surface area contributed by atoms with Gasteiger partial charge in [-0.05, 0) is 90.4 Å². The van der Waals surface area contributed by atoms with Gasteiger partial charge in [0.2, 0.25) is 0 Å². The lowest BCUT2D eigenvalue weighted by molar-refractivity contribution is 0.0205. The molecule has 1 N–H and O–H groups in total. The normalized spacial score (nSPS) is 16.3. The second-order valence-corrected chi connectivity index (χ2v) is 9.46. The van der Waals surface area contributed by atoms with Gasteiger partial charge in [0.1, 0.15) is 5.60 Å². The minimum Gasteiger partial charge on any atom is -0.444 e. The molecule has 1 aromatic carbocycles. The Morgan fingerprint density at radius 3 is 2.58 bits per heavy atom. The van der Waals surface area contributed by atoms with Crippen molar-refractivity contribution in [3.63, 3.8) is 0 Å². The summed E-state index contributed by atoms with van der Waals surface area (Å²) >= 11 is 3.65. The molecule has 0 bridgehead atoms. The molecular formula is C20H28BrN2O2P. The molecule has 1 aliphatic heterocycles. The third kappa shape index (κ3) is 4.09. The zero-order chi connectivity index (χ0) is 19.1. The largest absolute Gasteiger partial charge is 0.444 e. The molecule has 0 saturated carbocycles. The number of aryl methyl sites for hydroxylation is 1. The first-order valence-corrected chi connectivity index (χ1v) is 10.6. The Morgan fingerprint density at radius 1 is 1.35 bits per heavy atom. The van der Waals surface area contributed by atoms with E-state index in [2.05, 4.69) is 49.2 Å². The Kier molecular flexibility index (Phi) is 5.69. The summed E-state index contributed by atoms with van der Waals surface area (Å²) in [4.78, 5) is 17.5. The third-order valence-electron chi connectivity index (χ3n) is 4.99. The number of amides is 1. The molecule has 1 saturated heterocycles. The number of benzene rings is 1. The number of fused-ring (bicyclic) bond motifs is 1. The number of likely N-dealkylation sites (tertiary alicyclic amines) is 1. The molecule has 1 aromatic heterocycles. The van der Waals surface area contributed by atoms with Crippen LogP contribution in [0.5, 0.6) is 0 Å². The van der Waals surface area contributed by atoms with Crippen LogP contribution in [0.2, 0.25) is 0 Å². The number of carbonyl (C=O) groups excluding carboxylic acids is 1. The predicted octanol–water partition coefficient (Wildman–Crippen LogP) is 5.11. The van der Waals surface area contributed by atoms with Crippen molar-refractivity contribution >= 4 is 47.5 Å². The summed E-state index contributed by atoms with van der Waals surface area (Å²) in [5.41, 5.74) is 3.45. The quantitative estimate of drug-likeness (QED) is 0.662. The van der Waals surface area contributed by atoms with Gasteiger partial charge in [-0.2, -0.15) is 0 Å². The van der Waals surface area contributed by atoms with Crippen LogP contribution in [0.25, 0.3) is 10.9 Å². The van der Waals surface area contributed by atoms with Crippen molar-refractivity contribution in [2.75, 3.05) is 13.1 Å². The monoisotopic (exact) mass is 438 g/mol. The summed E-state index contributed by atoms with van der Waals surface area (Å²) in [7, 11) is 2.86. The van der Waals surface area contributed by atoms with Crippen molar-refractivity contribution in [2.45, 2.75) is 58.5 Å². The van der Waals surface area contributed by atoms with E-state index in [1.54, 1.807) is 0 Å². The van der Waals surface area contributed by atoms with Gasteiger partial charge >= 0.3 is 6.09 Å². The van der Waals surface area contributed by atoms with Gasteiger partial charge < -0.3 is 14.6 Å². The van der Waals surface area contributed by atoms with Crippen LogP contribution in [0.15, 0.2) is 16.7 Å². The fraction of sp³-hybridized carbons (Fsp3) is 0.550. The molecule has 1 atom stereocenters. The topological polar surface area (TPSA) is 45.3 Å². The van der Waals surface area contributed by atoms with Crippen molar-refractivity contribution in [1.82, 2.24) is 9.88 Å². The lowest BCUT2D eigenvalue weighted by Crippen LogP contribution is -2.41. The minimum absolute atomic E-state index is 0.194. The van der Waals surface area contributed by atoms with Crippen LogP contribution >= 0.6 is 25.2 Å². The second kappa shape index (κ2) is 7.52. The minimum atomic E-state index is -0.439. The number of halogens is 1. The number of aromatic nitrogens is 1. The number of piperidine rings is 1. The van der Waals surface area contributed by atoms with Gasteiger partial charge in [-0.25, -0.2) is 4.79 Å². The average molecular weight is 439 g/mol. The molecule has 2 heterocycles. The molecule has 4 nitrogen and oxygen atoms in total. The fourth-order valence-electron chi connectivity index (χ4n) is 3.67. The Morgan fingerprint density at radius 2 is 2.00 bits per heavy atom. The van der Waals surface area contributed by atoms with E-state index in [1.165, 1.54) is 27.3 Å². The summed E-state index contributed by atoms with van der Waals surface area (Å²) < 4.78 is 6.58. The first-order valence-electron chi connectivity index (χ1n) is 9.27. The summed E-state index contributed by atoms with van der Waals surface area (Å²) in [5, 5.41) is 2.50. The highest BCUT2D eigenvalue weighted by Crippen LogP contribution is 2.33. The Hall–Kier alpha value is -1.06. The number of nitrogens with zero attached hydrogens (tertiary/aromatic N) is 1. The smallest absolute Gasteiger partial charge is 0.410 e. The second-order valence-electron chi connectivity index (χ2n) is 8.05. The van der Waals surface area contributed by atoms with Crippen LogP contribution in [0.4, 0.5) is 4.79 Å². The SMILES string of the molecule is CCc1c(Br)[nH]c2c(P)cc(C3CCN(C(=O)OC(C)(C)C)CC3)cc12. The molecule has 0 aliphatic carbocycles. The average Bonchev–Trinajstić information content (AvgIpc) is 2.89. The maximum absolute atomic E-state index is 12.3. The lowest BCUT2D eigenvalue weighted by atomic mass is 9.88. The van der Waals surface area contributed by atoms with Gasteiger partial charge in [-0.15, -0.1) is 9.24 Å². The van der Waals surface area contributed by atoms with E-state index in [9.17, 15) is 4.79 Å². The van der Waals surface area contributed by atoms with E-state index >= 15 is 0 Å². The number of rotatable bonds is 2. The molecule has 6 heteroatoms. The van der Waals surface area contributed by atoms with E-state index < -0.39 is 5.60 Å². The van der Waals surface area contributed by atoms with Gasteiger partial charge in [0.15, 0.2) is 0 Å². The van der Waals surface area contributed by atoms with E-state index in [4.69, 9.17) is 4.74 Å². The lowest BCUT2D eigenvalue weighted by Gasteiger charge is -2.33. The molecule has 1 fully saturated rings. The van der Waals surface area contributed by atoms with Gasteiger partial charge in [0.25, 0.3) is 0 Å². The van der Waals surface area contributed by atoms with Crippen molar-refractivity contribution in [3.8, 4) is 0 Å². The van der Waals surface area contributed by atoms with Crippen molar-refractivity contribution < 1.29 is 9.53 Å². The number of aromatic amines is 1. The van der Waals surface area contributed by atoms with Gasteiger partial charge in [0.05, 0.1) is 10.1 Å². The molecule has 1 aliphatic rings. The van der Waals surface area contributed by atoms with Crippen LogP contribution in [-0.2, 0) is 11.2 Å².